The van der Waals surface area contributed by atoms with E-state index < -0.39 is 0 Å². The molecule has 5 heteroatoms. The van der Waals surface area contributed by atoms with Crippen molar-refractivity contribution in [2.45, 2.75) is 6.92 Å². The first-order chi connectivity index (χ1) is 5.77. The zero-order valence-electron chi connectivity index (χ0n) is 6.42. The van der Waals surface area contributed by atoms with Gasteiger partial charge in [0.05, 0.1) is 11.9 Å². The van der Waals surface area contributed by atoms with Crippen molar-refractivity contribution in [3.05, 3.63) is 26.9 Å². The van der Waals surface area contributed by atoms with Gasteiger partial charge in [0, 0.05) is 16.6 Å². The topological polar surface area (TPSA) is 61.5 Å². The molecule has 12 heavy (non-hydrogen) atoms. The Labute approximate surface area is 72.3 Å². The molecule has 0 radical (unpaired) electrons. The van der Waals surface area contributed by atoms with Crippen LogP contribution in [0.3, 0.4) is 0 Å². The summed E-state index contributed by atoms with van der Waals surface area (Å²) in [5, 5.41) is 6.50. The number of nitrogens with one attached hydrogen (secondary N) is 2. The number of H-pyrrole nitrogens is 2. The molecule has 0 saturated heterocycles. The number of aromatic amines is 2. The summed E-state index contributed by atoms with van der Waals surface area (Å²) in [6, 6.07) is 0. The normalized spacial score (nSPS) is 10.4. The molecule has 2 aromatic rings. The molecule has 0 aromatic carbocycles. The van der Waals surface area contributed by atoms with E-state index in [9.17, 15) is 4.79 Å². The molecule has 4 nitrogen and oxygen atoms in total. The van der Waals surface area contributed by atoms with E-state index >= 15 is 0 Å². The summed E-state index contributed by atoms with van der Waals surface area (Å²) in [6.45, 7) is 1.91. The van der Waals surface area contributed by atoms with Crippen LogP contribution in [0, 0.1) is 6.92 Å². The molecule has 0 aliphatic heterocycles. The smallest absolute Gasteiger partial charge is 0.305 e. The number of aromatic nitrogens is 3. The Morgan fingerprint density at radius 1 is 1.58 bits per heavy atom. The highest BCUT2D eigenvalue weighted by atomic mass is 32.1. The summed E-state index contributed by atoms with van der Waals surface area (Å²) in [5.41, 5.74) is 1.78. The fourth-order valence-corrected chi connectivity index (χ4v) is 1.77. The van der Waals surface area contributed by atoms with Crippen molar-refractivity contribution in [3.8, 4) is 11.3 Å². The molecular weight excluding hydrogens is 174 g/mol. The SMILES string of the molecule is Cc1sc(=O)[nH]c1-c1cn[nH]c1. The van der Waals surface area contributed by atoms with Crippen molar-refractivity contribution in [1.29, 1.82) is 0 Å². The maximum atomic E-state index is 10.9. The lowest BCUT2D eigenvalue weighted by Crippen LogP contribution is -1.91. The molecule has 0 aliphatic rings. The Hall–Kier alpha value is -1.36. The van der Waals surface area contributed by atoms with E-state index in [1.165, 1.54) is 11.3 Å². The fourth-order valence-electron chi connectivity index (χ4n) is 1.07. The second-order valence-electron chi connectivity index (χ2n) is 2.43. The standard InChI is InChI=1S/C7H7N3OS/c1-4-6(10-7(11)12-4)5-2-8-9-3-5/h2-3H,1H3,(H,8,9)(H,10,11). The quantitative estimate of drug-likeness (QED) is 0.692. The monoisotopic (exact) mass is 181 g/mol. The molecule has 0 aliphatic carbocycles. The second-order valence-corrected chi connectivity index (χ2v) is 3.62. The molecule has 0 saturated carbocycles. The molecule has 0 bridgehead atoms. The minimum absolute atomic E-state index is 0.0244. The van der Waals surface area contributed by atoms with Crippen LogP contribution in [0.5, 0.6) is 0 Å². The second kappa shape index (κ2) is 2.60. The van der Waals surface area contributed by atoms with Crippen molar-refractivity contribution in [2.24, 2.45) is 0 Å². The molecule has 2 N–H and O–H groups in total. The van der Waals surface area contributed by atoms with Gasteiger partial charge >= 0.3 is 4.87 Å². The zero-order valence-corrected chi connectivity index (χ0v) is 7.23. The van der Waals surface area contributed by atoms with Crippen LogP contribution in [0.15, 0.2) is 17.2 Å². The fraction of sp³-hybridized carbons (Fsp3) is 0.143. The van der Waals surface area contributed by atoms with E-state index in [2.05, 4.69) is 15.2 Å². The lowest BCUT2D eigenvalue weighted by atomic mass is 10.2. The predicted octanol–water partition coefficient (Wildman–Crippen LogP) is 1.13. The number of rotatable bonds is 1. The first kappa shape index (κ1) is 7.30. The lowest BCUT2D eigenvalue weighted by Gasteiger charge is -1.90. The molecule has 62 valence electrons. The number of aryl methyl sites for hydroxylation is 1. The molecular formula is C7H7N3OS. The van der Waals surface area contributed by atoms with Crippen LogP contribution in [0.25, 0.3) is 11.3 Å². The Morgan fingerprint density at radius 2 is 2.42 bits per heavy atom. The number of thiazole rings is 1. The number of hydrogen-bond acceptors (Lipinski definition) is 3. The number of hydrogen-bond donors (Lipinski definition) is 2. The van der Waals surface area contributed by atoms with E-state index in [1.54, 1.807) is 12.4 Å². The van der Waals surface area contributed by atoms with Crippen LogP contribution in [-0.4, -0.2) is 15.2 Å². The van der Waals surface area contributed by atoms with Gasteiger partial charge in [0.15, 0.2) is 0 Å². The molecule has 2 aromatic heterocycles. The van der Waals surface area contributed by atoms with E-state index in [0.29, 0.717) is 0 Å². The summed E-state index contributed by atoms with van der Waals surface area (Å²) in [6.07, 6.45) is 3.44. The van der Waals surface area contributed by atoms with Gasteiger partial charge in [-0.25, -0.2) is 0 Å². The molecule has 2 rings (SSSR count). The van der Waals surface area contributed by atoms with Crippen LogP contribution < -0.4 is 4.87 Å². The van der Waals surface area contributed by atoms with E-state index in [0.717, 1.165) is 16.1 Å². The van der Waals surface area contributed by atoms with Gasteiger partial charge in [0.2, 0.25) is 0 Å². The lowest BCUT2D eigenvalue weighted by molar-refractivity contribution is 1.09. The Balaban J connectivity index is 2.61. The maximum Gasteiger partial charge on any atom is 0.305 e. The largest absolute Gasteiger partial charge is 0.312 e. The summed E-state index contributed by atoms with van der Waals surface area (Å²) in [5.74, 6) is 0. The van der Waals surface area contributed by atoms with Gasteiger partial charge < -0.3 is 4.98 Å². The van der Waals surface area contributed by atoms with Crippen molar-refractivity contribution >= 4 is 11.3 Å². The molecule has 0 unspecified atom stereocenters. The van der Waals surface area contributed by atoms with Gasteiger partial charge in [-0.3, -0.25) is 9.89 Å². The molecule has 0 spiro atoms. The summed E-state index contributed by atoms with van der Waals surface area (Å²) < 4.78 is 0. The first-order valence-corrected chi connectivity index (χ1v) is 4.28. The molecule has 0 atom stereocenters. The van der Waals surface area contributed by atoms with Gasteiger partial charge in [0.1, 0.15) is 0 Å². The molecule has 0 amide bonds. The third kappa shape index (κ3) is 1.08. The maximum absolute atomic E-state index is 10.9. The zero-order chi connectivity index (χ0) is 8.55. The average Bonchev–Trinajstić information content (AvgIpc) is 2.58. The molecule has 0 fully saturated rings. The Kier molecular flexibility index (Phi) is 1.58. The van der Waals surface area contributed by atoms with Crippen LogP contribution in [-0.2, 0) is 0 Å². The Morgan fingerprint density at radius 3 is 2.92 bits per heavy atom. The summed E-state index contributed by atoms with van der Waals surface area (Å²) in [4.78, 5) is 14.7. The van der Waals surface area contributed by atoms with Crippen LogP contribution in [0.1, 0.15) is 4.88 Å². The number of nitrogens with zero attached hydrogens (tertiary/aromatic N) is 1. The highest BCUT2D eigenvalue weighted by Gasteiger charge is 2.05. The van der Waals surface area contributed by atoms with Gasteiger partial charge in [-0.05, 0) is 6.92 Å². The average molecular weight is 181 g/mol. The first-order valence-electron chi connectivity index (χ1n) is 3.46. The van der Waals surface area contributed by atoms with Gasteiger partial charge in [0.25, 0.3) is 0 Å². The molecule has 2 heterocycles. The van der Waals surface area contributed by atoms with Crippen LogP contribution in [0.4, 0.5) is 0 Å². The van der Waals surface area contributed by atoms with E-state index in [1.807, 2.05) is 6.92 Å². The minimum atomic E-state index is -0.0244. The summed E-state index contributed by atoms with van der Waals surface area (Å²) >= 11 is 1.21. The highest BCUT2D eigenvalue weighted by Crippen LogP contribution is 2.20. The van der Waals surface area contributed by atoms with Crippen LogP contribution in [0.2, 0.25) is 0 Å². The van der Waals surface area contributed by atoms with Crippen molar-refractivity contribution in [2.75, 3.05) is 0 Å². The van der Waals surface area contributed by atoms with Crippen molar-refractivity contribution in [3.63, 3.8) is 0 Å². The van der Waals surface area contributed by atoms with E-state index in [4.69, 9.17) is 0 Å². The van der Waals surface area contributed by atoms with Gasteiger partial charge in [-0.1, -0.05) is 11.3 Å². The van der Waals surface area contributed by atoms with Gasteiger partial charge in [-0.15, -0.1) is 0 Å². The summed E-state index contributed by atoms with van der Waals surface area (Å²) in [7, 11) is 0. The minimum Gasteiger partial charge on any atom is -0.312 e. The van der Waals surface area contributed by atoms with Crippen molar-refractivity contribution in [1.82, 2.24) is 15.2 Å². The third-order valence-corrected chi connectivity index (χ3v) is 2.41. The van der Waals surface area contributed by atoms with E-state index in [-0.39, 0.29) is 4.87 Å². The Bertz CT molecular complexity index is 426. The van der Waals surface area contributed by atoms with Crippen molar-refractivity contribution < 1.29 is 0 Å². The third-order valence-electron chi connectivity index (χ3n) is 1.61. The van der Waals surface area contributed by atoms with Crippen LogP contribution >= 0.6 is 11.3 Å². The predicted molar refractivity (Wildman–Crippen MR) is 47.3 cm³/mol. The highest BCUT2D eigenvalue weighted by molar-refractivity contribution is 7.09. The van der Waals surface area contributed by atoms with Gasteiger partial charge in [-0.2, -0.15) is 5.10 Å².